The highest BCUT2D eigenvalue weighted by Gasteiger charge is 2.23. The number of H-pyrrole nitrogens is 1. The van der Waals surface area contributed by atoms with Gasteiger partial charge in [0.25, 0.3) is 5.56 Å². The van der Waals surface area contributed by atoms with E-state index in [9.17, 15) is 4.79 Å². The second-order valence-electron chi connectivity index (χ2n) is 6.53. The van der Waals surface area contributed by atoms with Crippen LogP contribution in [-0.4, -0.2) is 35.1 Å². The van der Waals surface area contributed by atoms with Gasteiger partial charge in [-0.25, -0.2) is 4.98 Å². The van der Waals surface area contributed by atoms with Crippen LogP contribution in [0.25, 0.3) is 0 Å². The summed E-state index contributed by atoms with van der Waals surface area (Å²) < 4.78 is 0. The summed E-state index contributed by atoms with van der Waals surface area (Å²) in [5.74, 6) is 1.30. The summed E-state index contributed by atoms with van der Waals surface area (Å²) in [6.45, 7) is 9.39. The Bertz CT molecular complexity index is 497. The van der Waals surface area contributed by atoms with E-state index in [1.165, 1.54) is 6.33 Å². The van der Waals surface area contributed by atoms with Crippen LogP contribution < -0.4 is 21.5 Å². The lowest BCUT2D eigenvalue weighted by Crippen LogP contribution is -2.43. The number of nitrogens with one attached hydrogen (secondary N) is 2. The lowest BCUT2D eigenvalue weighted by atomic mass is 9.95. The third-order valence-corrected chi connectivity index (χ3v) is 3.70. The van der Waals surface area contributed by atoms with Gasteiger partial charge in [-0.05, 0) is 46.1 Å². The molecule has 4 N–H and O–H groups in total. The zero-order valence-electron chi connectivity index (χ0n) is 12.6. The molecule has 0 bridgehead atoms. The Balaban J connectivity index is 1.91. The van der Waals surface area contributed by atoms with Gasteiger partial charge in [0.15, 0.2) is 5.82 Å². The van der Waals surface area contributed by atoms with Crippen molar-refractivity contribution in [1.29, 1.82) is 0 Å². The number of hydrogen-bond acceptors (Lipinski definition) is 5. The van der Waals surface area contributed by atoms with Gasteiger partial charge in [0.2, 0.25) is 0 Å². The number of piperidine rings is 1. The van der Waals surface area contributed by atoms with Crippen molar-refractivity contribution in [1.82, 2.24) is 15.3 Å². The van der Waals surface area contributed by atoms with Gasteiger partial charge >= 0.3 is 0 Å². The molecule has 0 aliphatic carbocycles. The summed E-state index contributed by atoms with van der Waals surface area (Å²) in [5, 5.41) is 3.55. The first-order chi connectivity index (χ1) is 9.37. The number of nitrogens with zero attached hydrogens (tertiary/aromatic N) is 2. The molecule has 1 aromatic heterocycles. The van der Waals surface area contributed by atoms with E-state index in [0.717, 1.165) is 32.5 Å². The van der Waals surface area contributed by atoms with Crippen LogP contribution in [0.4, 0.5) is 11.5 Å². The van der Waals surface area contributed by atoms with Crippen LogP contribution in [0.15, 0.2) is 11.1 Å². The maximum absolute atomic E-state index is 11.5. The van der Waals surface area contributed by atoms with E-state index in [-0.39, 0.29) is 16.8 Å². The molecule has 0 unspecified atom stereocenters. The average Bonchev–Trinajstić information content (AvgIpc) is 2.40. The molecular formula is C14H25N5O. The monoisotopic (exact) mass is 279 g/mol. The van der Waals surface area contributed by atoms with Crippen LogP contribution in [0.1, 0.15) is 33.6 Å². The van der Waals surface area contributed by atoms with Crippen molar-refractivity contribution in [2.45, 2.75) is 39.2 Å². The normalized spacial score (nSPS) is 17.4. The number of nitrogen functional groups attached to an aromatic ring is 1. The summed E-state index contributed by atoms with van der Waals surface area (Å²) in [6.07, 6.45) is 3.61. The molecule has 6 nitrogen and oxygen atoms in total. The molecule has 0 saturated carbocycles. The van der Waals surface area contributed by atoms with Gasteiger partial charge in [0.1, 0.15) is 5.69 Å². The number of aromatic nitrogens is 2. The molecule has 1 fully saturated rings. The molecule has 20 heavy (non-hydrogen) atoms. The Morgan fingerprint density at radius 3 is 2.70 bits per heavy atom. The van der Waals surface area contributed by atoms with Crippen LogP contribution in [-0.2, 0) is 0 Å². The molecule has 1 saturated heterocycles. The predicted molar refractivity (Wildman–Crippen MR) is 82.0 cm³/mol. The summed E-state index contributed by atoms with van der Waals surface area (Å²) >= 11 is 0. The number of rotatable bonds is 3. The van der Waals surface area contributed by atoms with Crippen molar-refractivity contribution in [3.8, 4) is 0 Å². The third kappa shape index (κ3) is 3.72. The first kappa shape index (κ1) is 14.8. The SMILES string of the molecule is CC(C)(C)NCC1CCN(c2nc[nH]c(=O)c2N)CC1. The molecule has 112 valence electrons. The van der Waals surface area contributed by atoms with Crippen LogP contribution in [0, 0.1) is 5.92 Å². The van der Waals surface area contributed by atoms with Crippen molar-refractivity contribution in [2.75, 3.05) is 30.3 Å². The topological polar surface area (TPSA) is 87.0 Å². The van der Waals surface area contributed by atoms with Crippen molar-refractivity contribution in [3.63, 3.8) is 0 Å². The summed E-state index contributed by atoms with van der Waals surface area (Å²) in [7, 11) is 0. The number of hydrogen-bond donors (Lipinski definition) is 3. The number of anilines is 2. The molecule has 2 rings (SSSR count). The molecule has 6 heteroatoms. The molecule has 0 spiro atoms. The maximum Gasteiger partial charge on any atom is 0.276 e. The van der Waals surface area contributed by atoms with Crippen molar-refractivity contribution in [3.05, 3.63) is 16.7 Å². The van der Waals surface area contributed by atoms with Crippen molar-refractivity contribution >= 4 is 11.5 Å². The molecular weight excluding hydrogens is 254 g/mol. The van der Waals surface area contributed by atoms with Crippen molar-refractivity contribution in [2.24, 2.45) is 5.92 Å². The first-order valence-corrected chi connectivity index (χ1v) is 7.20. The van der Waals surface area contributed by atoms with E-state index < -0.39 is 0 Å². The fraction of sp³-hybridized carbons (Fsp3) is 0.714. The highest BCUT2D eigenvalue weighted by atomic mass is 16.1. The fourth-order valence-electron chi connectivity index (χ4n) is 2.45. The zero-order valence-corrected chi connectivity index (χ0v) is 12.6. The van der Waals surface area contributed by atoms with Gasteiger partial charge in [-0.1, -0.05) is 0 Å². The highest BCUT2D eigenvalue weighted by Crippen LogP contribution is 2.23. The van der Waals surface area contributed by atoms with Gasteiger partial charge in [-0.15, -0.1) is 0 Å². The second-order valence-corrected chi connectivity index (χ2v) is 6.53. The minimum absolute atomic E-state index is 0.163. The predicted octanol–water partition coefficient (Wildman–Crippen LogP) is 0.957. The summed E-state index contributed by atoms with van der Waals surface area (Å²) in [4.78, 5) is 20.3. The Hall–Kier alpha value is -1.56. The van der Waals surface area contributed by atoms with E-state index in [0.29, 0.717) is 11.7 Å². The van der Waals surface area contributed by atoms with Gasteiger partial charge in [0, 0.05) is 18.6 Å². The summed E-state index contributed by atoms with van der Waals surface area (Å²) in [6, 6.07) is 0. The molecule has 1 aromatic rings. The molecule has 2 heterocycles. The molecule has 1 aliphatic heterocycles. The Morgan fingerprint density at radius 2 is 2.10 bits per heavy atom. The molecule has 0 radical (unpaired) electrons. The standard InChI is InChI=1S/C14H25N5O/c1-14(2,3)18-8-10-4-6-19(7-5-10)12-11(15)13(20)17-9-16-12/h9-10,18H,4-8,15H2,1-3H3,(H,16,17,20). The van der Waals surface area contributed by atoms with Crippen molar-refractivity contribution < 1.29 is 0 Å². The van der Waals surface area contributed by atoms with Gasteiger partial charge in [0.05, 0.1) is 6.33 Å². The minimum Gasteiger partial charge on any atom is -0.391 e. The van der Waals surface area contributed by atoms with Gasteiger partial charge < -0.3 is 20.9 Å². The lowest BCUT2D eigenvalue weighted by Gasteiger charge is -2.34. The van der Waals surface area contributed by atoms with Crippen LogP contribution in [0.2, 0.25) is 0 Å². The summed E-state index contributed by atoms with van der Waals surface area (Å²) in [5.41, 5.74) is 5.93. The molecule has 0 atom stereocenters. The Kier molecular flexibility index (Phi) is 4.32. The van der Waals surface area contributed by atoms with Gasteiger partial charge in [-0.2, -0.15) is 0 Å². The molecule has 1 aliphatic rings. The quantitative estimate of drug-likeness (QED) is 0.767. The van der Waals surface area contributed by atoms with Gasteiger partial charge in [-0.3, -0.25) is 4.79 Å². The largest absolute Gasteiger partial charge is 0.391 e. The second kappa shape index (κ2) is 5.83. The third-order valence-electron chi connectivity index (χ3n) is 3.70. The van der Waals surface area contributed by atoms with E-state index in [4.69, 9.17) is 5.73 Å². The minimum atomic E-state index is -0.258. The van der Waals surface area contributed by atoms with Crippen LogP contribution in [0.3, 0.4) is 0 Å². The van der Waals surface area contributed by atoms with Crippen LogP contribution >= 0.6 is 0 Å². The van der Waals surface area contributed by atoms with E-state index >= 15 is 0 Å². The fourth-order valence-corrected chi connectivity index (χ4v) is 2.45. The molecule has 0 aromatic carbocycles. The van der Waals surface area contributed by atoms with E-state index in [2.05, 4.69) is 41.0 Å². The van der Waals surface area contributed by atoms with E-state index in [1.807, 2.05) is 0 Å². The Labute approximate surface area is 119 Å². The highest BCUT2D eigenvalue weighted by molar-refractivity contribution is 5.60. The number of aromatic amines is 1. The lowest BCUT2D eigenvalue weighted by molar-refractivity contribution is 0.328. The van der Waals surface area contributed by atoms with Crippen LogP contribution in [0.5, 0.6) is 0 Å². The molecule has 0 amide bonds. The average molecular weight is 279 g/mol. The number of nitrogens with two attached hydrogens (primary N) is 1. The smallest absolute Gasteiger partial charge is 0.276 e. The van der Waals surface area contributed by atoms with E-state index in [1.54, 1.807) is 0 Å². The Morgan fingerprint density at radius 1 is 1.45 bits per heavy atom. The first-order valence-electron chi connectivity index (χ1n) is 7.20. The zero-order chi connectivity index (χ0) is 14.8. The maximum atomic E-state index is 11.5.